The fourth-order valence-corrected chi connectivity index (χ4v) is 3.02. The standard InChI is InChI=1S/C13H26N2/c1-2-6-12(5-1)7-3-10-15-13-8-4-9-14-11-13/h12-15H,1-11H2. The Morgan fingerprint density at radius 2 is 1.93 bits per heavy atom. The second kappa shape index (κ2) is 6.49. The largest absolute Gasteiger partial charge is 0.315 e. The molecule has 0 radical (unpaired) electrons. The first kappa shape index (κ1) is 11.4. The van der Waals surface area contributed by atoms with Crippen molar-refractivity contribution in [3.8, 4) is 0 Å². The third kappa shape index (κ3) is 4.12. The van der Waals surface area contributed by atoms with E-state index in [0.29, 0.717) is 0 Å². The van der Waals surface area contributed by atoms with Gasteiger partial charge in [0.15, 0.2) is 0 Å². The topological polar surface area (TPSA) is 24.1 Å². The number of hydrogen-bond donors (Lipinski definition) is 2. The molecular weight excluding hydrogens is 184 g/mol. The Hall–Kier alpha value is -0.0800. The van der Waals surface area contributed by atoms with Gasteiger partial charge in [0.1, 0.15) is 0 Å². The van der Waals surface area contributed by atoms with E-state index in [1.165, 1.54) is 71.0 Å². The summed E-state index contributed by atoms with van der Waals surface area (Å²) in [6.45, 7) is 3.65. The molecule has 0 aromatic rings. The van der Waals surface area contributed by atoms with E-state index in [-0.39, 0.29) is 0 Å². The average Bonchev–Trinajstić information content (AvgIpc) is 2.79. The van der Waals surface area contributed by atoms with E-state index in [0.717, 1.165) is 12.0 Å². The van der Waals surface area contributed by atoms with Crippen molar-refractivity contribution in [3.05, 3.63) is 0 Å². The molecule has 15 heavy (non-hydrogen) atoms. The minimum atomic E-state index is 0.752. The summed E-state index contributed by atoms with van der Waals surface area (Å²) in [6, 6.07) is 0.752. The van der Waals surface area contributed by atoms with Gasteiger partial charge in [-0.2, -0.15) is 0 Å². The van der Waals surface area contributed by atoms with Gasteiger partial charge in [-0.05, 0) is 44.7 Å². The van der Waals surface area contributed by atoms with Gasteiger partial charge in [0.25, 0.3) is 0 Å². The van der Waals surface area contributed by atoms with Gasteiger partial charge in [0.05, 0.1) is 0 Å². The monoisotopic (exact) mass is 210 g/mol. The van der Waals surface area contributed by atoms with Crippen LogP contribution in [0.5, 0.6) is 0 Å². The molecule has 1 aliphatic carbocycles. The van der Waals surface area contributed by atoms with Crippen LogP contribution in [-0.2, 0) is 0 Å². The molecule has 88 valence electrons. The third-order valence-corrected chi connectivity index (χ3v) is 3.99. The number of rotatable bonds is 5. The molecule has 1 unspecified atom stereocenters. The summed E-state index contributed by atoms with van der Waals surface area (Å²) in [4.78, 5) is 0. The van der Waals surface area contributed by atoms with E-state index in [1.807, 2.05) is 0 Å². The Labute approximate surface area is 94.2 Å². The van der Waals surface area contributed by atoms with Crippen molar-refractivity contribution in [1.82, 2.24) is 10.6 Å². The van der Waals surface area contributed by atoms with E-state index in [4.69, 9.17) is 0 Å². The minimum absolute atomic E-state index is 0.752. The first-order chi connectivity index (χ1) is 7.45. The third-order valence-electron chi connectivity index (χ3n) is 3.99. The molecule has 0 aromatic heterocycles. The zero-order valence-electron chi connectivity index (χ0n) is 9.93. The van der Waals surface area contributed by atoms with Crippen LogP contribution in [0.1, 0.15) is 51.4 Å². The minimum Gasteiger partial charge on any atom is -0.315 e. The van der Waals surface area contributed by atoms with E-state index < -0.39 is 0 Å². The molecule has 1 saturated carbocycles. The Kier molecular flexibility index (Phi) is 4.94. The molecule has 0 bridgehead atoms. The quantitative estimate of drug-likeness (QED) is 0.680. The predicted octanol–water partition coefficient (Wildman–Crippen LogP) is 2.30. The van der Waals surface area contributed by atoms with Crippen molar-refractivity contribution in [2.24, 2.45) is 5.92 Å². The summed E-state index contributed by atoms with van der Waals surface area (Å²) in [5.74, 6) is 1.07. The number of piperidine rings is 1. The Balaban J connectivity index is 1.47. The average molecular weight is 210 g/mol. The molecule has 0 aromatic carbocycles. The predicted molar refractivity (Wildman–Crippen MR) is 65.1 cm³/mol. The SMILES string of the molecule is C1CCC(CCCNC2CCCNC2)C1. The van der Waals surface area contributed by atoms with Crippen LogP contribution in [-0.4, -0.2) is 25.7 Å². The summed E-state index contributed by atoms with van der Waals surface area (Å²) in [5.41, 5.74) is 0. The highest BCUT2D eigenvalue weighted by atomic mass is 15.0. The van der Waals surface area contributed by atoms with Crippen molar-refractivity contribution >= 4 is 0 Å². The van der Waals surface area contributed by atoms with Crippen molar-refractivity contribution in [1.29, 1.82) is 0 Å². The van der Waals surface area contributed by atoms with Gasteiger partial charge in [-0.25, -0.2) is 0 Å². The van der Waals surface area contributed by atoms with Crippen molar-refractivity contribution in [2.45, 2.75) is 57.4 Å². The van der Waals surface area contributed by atoms with E-state index in [9.17, 15) is 0 Å². The maximum absolute atomic E-state index is 3.68. The molecule has 1 atom stereocenters. The Morgan fingerprint density at radius 1 is 1.07 bits per heavy atom. The fraction of sp³-hybridized carbons (Fsp3) is 1.00. The van der Waals surface area contributed by atoms with Crippen molar-refractivity contribution < 1.29 is 0 Å². The molecule has 2 N–H and O–H groups in total. The Bertz CT molecular complexity index is 158. The van der Waals surface area contributed by atoms with E-state index in [1.54, 1.807) is 0 Å². The highest BCUT2D eigenvalue weighted by Crippen LogP contribution is 2.28. The van der Waals surface area contributed by atoms with Crippen molar-refractivity contribution in [2.75, 3.05) is 19.6 Å². The van der Waals surface area contributed by atoms with Gasteiger partial charge in [-0.15, -0.1) is 0 Å². The fourth-order valence-electron chi connectivity index (χ4n) is 3.02. The molecule has 2 rings (SSSR count). The van der Waals surface area contributed by atoms with Crippen LogP contribution in [0.2, 0.25) is 0 Å². The summed E-state index contributed by atoms with van der Waals surface area (Å²) in [5, 5.41) is 7.14. The Morgan fingerprint density at radius 3 is 2.67 bits per heavy atom. The summed E-state index contributed by atoms with van der Waals surface area (Å²) < 4.78 is 0. The van der Waals surface area contributed by atoms with Crippen LogP contribution in [0, 0.1) is 5.92 Å². The maximum atomic E-state index is 3.68. The van der Waals surface area contributed by atoms with Gasteiger partial charge < -0.3 is 10.6 Å². The maximum Gasteiger partial charge on any atom is 0.0192 e. The molecule has 1 saturated heterocycles. The highest BCUT2D eigenvalue weighted by molar-refractivity contribution is 4.75. The smallest absolute Gasteiger partial charge is 0.0192 e. The normalized spacial score (nSPS) is 28.4. The lowest BCUT2D eigenvalue weighted by molar-refractivity contribution is 0.377. The van der Waals surface area contributed by atoms with Gasteiger partial charge in [0.2, 0.25) is 0 Å². The molecule has 1 aliphatic heterocycles. The van der Waals surface area contributed by atoms with Crippen LogP contribution in [0.15, 0.2) is 0 Å². The first-order valence-corrected chi connectivity index (χ1v) is 6.89. The molecule has 0 spiro atoms. The van der Waals surface area contributed by atoms with Gasteiger partial charge >= 0.3 is 0 Å². The number of hydrogen-bond acceptors (Lipinski definition) is 2. The van der Waals surface area contributed by atoms with Crippen LogP contribution < -0.4 is 10.6 Å². The van der Waals surface area contributed by atoms with E-state index in [2.05, 4.69) is 10.6 Å². The number of nitrogens with one attached hydrogen (secondary N) is 2. The van der Waals surface area contributed by atoms with Crippen LogP contribution in [0.25, 0.3) is 0 Å². The lowest BCUT2D eigenvalue weighted by Crippen LogP contribution is -2.43. The zero-order valence-corrected chi connectivity index (χ0v) is 9.93. The summed E-state index contributed by atoms with van der Waals surface area (Å²) in [7, 11) is 0. The van der Waals surface area contributed by atoms with Crippen molar-refractivity contribution in [3.63, 3.8) is 0 Å². The molecule has 2 heteroatoms. The summed E-state index contributed by atoms with van der Waals surface area (Å²) >= 11 is 0. The zero-order chi connectivity index (χ0) is 10.3. The van der Waals surface area contributed by atoms with Crippen LogP contribution in [0.4, 0.5) is 0 Å². The molecule has 1 heterocycles. The lowest BCUT2D eigenvalue weighted by Gasteiger charge is -2.24. The second-order valence-electron chi connectivity index (χ2n) is 5.29. The second-order valence-corrected chi connectivity index (χ2v) is 5.29. The molecule has 2 aliphatic rings. The van der Waals surface area contributed by atoms with Crippen LogP contribution >= 0.6 is 0 Å². The lowest BCUT2D eigenvalue weighted by atomic mass is 10.0. The van der Waals surface area contributed by atoms with Gasteiger partial charge in [-0.1, -0.05) is 25.7 Å². The molecule has 0 amide bonds. The summed E-state index contributed by atoms with van der Waals surface area (Å²) in [6.07, 6.45) is 11.6. The molecule has 2 nitrogen and oxygen atoms in total. The molecule has 2 fully saturated rings. The van der Waals surface area contributed by atoms with Crippen LogP contribution in [0.3, 0.4) is 0 Å². The van der Waals surface area contributed by atoms with Gasteiger partial charge in [-0.3, -0.25) is 0 Å². The molecular formula is C13H26N2. The van der Waals surface area contributed by atoms with Gasteiger partial charge in [0, 0.05) is 12.6 Å². The first-order valence-electron chi connectivity index (χ1n) is 6.89. The highest BCUT2D eigenvalue weighted by Gasteiger charge is 2.15. The van der Waals surface area contributed by atoms with E-state index >= 15 is 0 Å².